The van der Waals surface area contributed by atoms with Crippen LogP contribution in [0.3, 0.4) is 0 Å². The van der Waals surface area contributed by atoms with E-state index in [-0.39, 0.29) is 38.1 Å². The Morgan fingerprint density at radius 2 is 1.79 bits per heavy atom. The third-order valence-corrected chi connectivity index (χ3v) is 8.10. The summed E-state index contributed by atoms with van der Waals surface area (Å²) in [6.07, 6.45) is 1.62. The van der Waals surface area contributed by atoms with Gasteiger partial charge >= 0.3 is 0 Å². The number of aromatic nitrogens is 1. The van der Waals surface area contributed by atoms with E-state index in [0.717, 1.165) is 0 Å². The van der Waals surface area contributed by atoms with E-state index in [2.05, 4.69) is 15.6 Å². The highest BCUT2D eigenvalue weighted by Gasteiger charge is 2.28. The average molecular weight is 518 g/mol. The number of benzene rings is 2. The Balaban J connectivity index is 1.76. The molecule has 2 amide bonds. The summed E-state index contributed by atoms with van der Waals surface area (Å²) < 4.78 is 26.3. The van der Waals surface area contributed by atoms with Gasteiger partial charge in [0.05, 0.1) is 21.8 Å². The Kier molecular flexibility index (Phi) is 6.33. The zero-order chi connectivity index (χ0) is 24.8. The maximum absolute atomic E-state index is 13.2. The Hall–Kier alpha value is -3.07. The van der Waals surface area contributed by atoms with Gasteiger partial charge in [0.15, 0.2) is 9.84 Å². The van der Waals surface area contributed by atoms with E-state index in [4.69, 9.17) is 23.2 Å². The number of aryl methyl sites for hydroxylation is 1. The van der Waals surface area contributed by atoms with Gasteiger partial charge in [-0.25, -0.2) is 8.42 Å². The van der Waals surface area contributed by atoms with Gasteiger partial charge in [0.2, 0.25) is 0 Å². The van der Waals surface area contributed by atoms with Gasteiger partial charge < -0.3 is 15.6 Å². The molecule has 2 aromatic carbocycles. The number of H-pyrrole nitrogens is 1. The number of halogens is 2. The first-order valence-electron chi connectivity index (χ1n) is 10.3. The molecule has 0 aliphatic carbocycles. The lowest BCUT2D eigenvalue weighted by Gasteiger charge is -2.10. The van der Waals surface area contributed by atoms with Gasteiger partial charge in [-0.1, -0.05) is 29.3 Å². The predicted octanol–water partition coefficient (Wildman–Crippen LogP) is 4.76. The van der Waals surface area contributed by atoms with Gasteiger partial charge in [0.1, 0.15) is 0 Å². The Morgan fingerprint density at radius 3 is 2.44 bits per heavy atom. The third-order valence-electron chi connectivity index (χ3n) is 5.75. The maximum Gasteiger partial charge on any atom is 0.256 e. The second kappa shape index (κ2) is 8.94. The van der Waals surface area contributed by atoms with Gasteiger partial charge in [-0.15, -0.1) is 0 Å². The molecule has 3 aromatic rings. The van der Waals surface area contributed by atoms with E-state index in [0.29, 0.717) is 39.3 Å². The van der Waals surface area contributed by atoms with E-state index in [1.807, 2.05) is 0 Å². The Bertz CT molecular complexity index is 1470. The van der Waals surface area contributed by atoms with Crippen molar-refractivity contribution in [2.45, 2.75) is 24.5 Å². The van der Waals surface area contributed by atoms with Crippen LogP contribution in [0.4, 0.5) is 5.69 Å². The number of rotatable bonds is 5. The average Bonchev–Trinajstić information content (AvgIpc) is 3.25. The van der Waals surface area contributed by atoms with Crippen LogP contribution < -0.4 is 10.6 Å². The molecule has 0 bridgehead atoms. The molecule has 3 N–H and O–H groups in total. The monoisotopic (exact) mass is 517 g/mol. The number of aromatic amines is 1. The second-order valence-corrected chi connectivity index (χ2v) is 10.7. The number of hydrogen-bond donors (Lipinski definition) is 3. The molecule has 34 heavy (non-hydrogen) atoms. The Morgan fingerprint density at radius 1 is 1.12 bits per heavy atom. The SMILES string of the molecule is CNC(=O)c1c(C)[nH]c(C=C2C(=O)Nc3ccc(S(=O)(=O)Cc4c(Cl)cccc4Cl)cc32)c1C. The lowest BCUT2D eigenvalue weighted by atomic mass is 10.0. The smallest absolute Gasteiger partial charge is 0.256 e. The lowest BCUT2D eigenvalue weighted by Crippen LogP contribution is -2.19. The quantitative estimate of drug-likeness (QED) is 0.423. The van der Waals surface area contributed by atoms with E-state index in [1.54, 1.807) is 51.2 Å². The highest BCUT2D eigenvalue weighted by atomic mass is 35.5. The zero-order valence-corrected chi connectivity index (χ0v) is 20.9. The lowest BCUT2D eigenvalue weighted by molar-refractivity contribution is -0.110. The van der Waals surface area contributed by atoms with Crippen LogP contribution in [-0.4, -0.2) is 32.3 Å². The van der Waals surface area contributed by atoms with Crippen LogP contribution in [0, 0.1) is 13.8 Å². The Labute approximate surface area is 207 Å². The molecule has 7 nitrogen and oxygen atoms in total. The molecule has 1 aliphatic heterocycles. The molecule has 176 valence electrons. The van der Waals surface area contributed by atoms with Crippen molar-refractivity contribution in [3.63, 3.8) is 0 Å². The maximum atomic E-state index is 13.2. The van der Waals surface area contributed by atoms with Crippen LogP contribution in [0.5, 0.6) is 0 Å². The zero-order valence-electron chi connectivity index (χ0n) is 18.5. The van der Waals surface area contributed by atoms with Crippen molar-refractivity contribution in [2.75, 3.05) is 12.4 Å². The summed E-state index contributed by atoms with van der Waals surface area (Å²) in [6.45, 7) is 3.55. The number of anilines is 1. The summed E-state index contributed by atoms with van der Waals surface area (Å²) in [6, 6.07) is 9.26. The summed E-state index contributed by atoms with van der Waals surface area (Å²) in [5, 5.41) is 5.88. The van der Waals surface area contributed by atoms with Gasteiger partial charge in [-0.2, -0.15) is 0 Å². The van der Waals surface area contributed by atoms with E-state index < -0.39 is 9.84 Å². The van der Waals surface area contributed by atoms with Crippen molar-refractivity contribution in [3.05, 3.63) is 80.1 Å². The second-order valence-electron chi connectivity index (χ2n) is 7.92. The van der Waals surface area contributed by atoms with Crippen molar-refractivity contribution < 1.29 is 18.0 Å². The number of amides is 2. The fraction of sp³-hybridized carbons (Fsp3) is 0.167. The first kappa shape index (κ1) is 24.1. The predicted molar refractivity (Wildman–Crippen MR) is 134 cm³/mol. The summed E-state index contributed by atoms with van der Waals surface area (Å²) in [4.78, 5) is 28.1. The molecule has 10 heteroatoms. The van der Waals surface area contributed by atoms with Crippen LogP contribution >= 0.6 is 23.2 Å². The highest BCUT2D eigenvalue weighted by molar-refractivity contribution is 7.90. The molecule has 2 heterocycles. The first-order chi connectivity index (χ1) is 16.0. The first-order valence-corrected chi connectivity index (χ1v) is 12.7. The van der Waals surface area contributed by atoms with Crippen LogP contribution in [-0.2, 0) is 20.4 Å². The summed E-state index contributed by atoms with van der Waals surface area (Å²) in [7, 11) is -2.27. The molecule has 1 aromatic heterocycles. The van der Waals surface area contributed by atoms with Crippen molar-refractivity contribution >= 4 is 62.2 Å². The minimum atomic E-state index is -3.81. The van der Waals surface area contributed by atoms with Crippen LogP contribution in [0.1, 0.15) is 38.4 Å². The normalized spacial score (nSPS) is 14.3. The van der Waals surface area contributed by atoms with Gasteiger partial charge in [0, 0.05) is 45.3 Å². The number of fused-ring (bicyclic) bond motifs is 1. The van der Waals surface area contributed by atoms with Crippen molar-refractivity contribution in [2.24, 2.45) is 0 Å². The number of hydrogen-bond acceptors (Lipinski definition) is 4. The molecule has 0 spiro atoms. The summed E-state index contributed by atoms with van der Waals surface area (Å²) in [5.41, 5.74) is 3.98. The minimum Gasteiger partial charge on any atom is -0.358 e. The standard InChI is InChI=1S/C24H21Cl2N3O4S/c1-12-21(28-13(2)22(12)24(31)27-3)10-16-15-9-14(7-8-20(15)29-23(16)30)34(32,33)11-17-18(25)5-4-6-19(17)26/h4-10,28H,11H2,1-3H3,(H,27,31)(H,29,30). The van der Waals surface area contributed by atoms with Gasteiger partial charge in [-0.3, -0.25) is 9.59 Å². The molecular weight excluding hydrogens is 497 g/mol. The molecular formula is C24H21Cl2N3O4S. The van der Waals surface area contributed by atoms with Crippen LogP contribution in [0.25, 0.3) is 11.6 Å². The van der Waals surface area contributed by atoms with Crippen LogP contribution in [0.2, 0.25) is 10.0 Å². The largest absolute Gasteiger partial charge is 0.358 e. The van der Waals surface area contributed by atoms with Crippen LogP contribution in [0.15, 0.2) is 41.3 Å². The molecule has 0 atom stereocenters. The van der Waals surface area contributed by atoms with E-state index in [9.17, 15) is 18.0 Å². The summed E-state index contributed by atoms with van der Waals surface area (Å²) >= 11 is 12.3. The summed E-state index contributed by atoms with van der Waals surface area (Å²) in [5.74, 6) is -0.986. The fourth-order valence-corrected chi connectivity index (χ4v) is 6.10. The molecule has 4 rings (SSSR count). The number of sulfone groups is 1. The van der Waals surface area contributed by atoms with Crippen molar-refractivity contribution in [1.29, 1.82) is 0 Å². The number of nitrogens with one attached hydrogen (secondary N) is 3. The molecule has 0 fully saturated rings. The molecule has 0 radical (unpaired) electrons. The van der Waals surface area contributed by atoms with Crippen molar-refractivity contribution in [1.82, 2.24) is 10.3 Å². The van der Waals surface area contributed by atoms with E-state index >= 15 is 0 Å². The molecule has 0 saturated carbocycles. The minimum absolute atomic E-state index is 0.0371. The van der Waals surface area contributed by atoms with Gasteiger partial charge in [-0.05, 0) is 55.8 Å². The molecule has 0 unspecified atom stereocenters. The fourth-order valence-electron chi connectivity index (χ4n) is 3.98. The number of carbonyl (C=O) groups excluding carboxylic acids is 2. The van der Waals surface area contributed by atoms with E-state index in [1.165, 1.54) is 12.1 Å². The van der Waals surface area contributed by atoms with Gasteiger partial charge in [0.25, 0.3) is 11.8 Å². The number of carbonyl (C=O) groups is 2. The van der Waals surface area contributed by atoms with Crippen molar-refractivity contribution in [3.8, 4) is 0 Å². The topological polar surface area (TPSA) is 108 Å². The third kappa shape index (κ3) is 4.24. The molecule has 0 saturated heterocycles. The molecule has 1 aliphatic rings. The highest BCUT2D eigenvalue weighted by Crippen LogP contribution is 2.37.